The van der Waals surface area contributed by atoms with Crippen molar-refractivity contribution >= 4 is 20.6 Å². The van der Waals surface area contributed by atoms with E-state index in [2.05, 4.69) is 10.4 Å². The minimum atomic E-state index is -3.22. The van der Waals surface area contributed by atoms with Crippen molar-refractivity contribution in [2.45, 2.75) is 32.4 Å². The highest BCUT2D eigenvalue weighted by molar-refractivity contribution is 8.00. The molecule has 7 heteroatoms. The van der Waals surface area contributed by atoms with Crippen LogP contribution in [0.3, 0.4) is 0 Å². The second kappa shape index (κ2) is 7.23. The molecule has 1 aromatic heterocycles. The lowest BCUT2D eigenvalue weighted by molar-refractivity contribution is 0.0937. The number of carbonyl (C=O) groups excluding carboxylic acids is 1. The van der Waals surface area contributed by atoms with Crippen LogP contribution in [0.25, 0.3) is 4.91 Å². The van der Waals surface area contributed by atoms with E-state index in [0.29, 0.717) is 22.5 Å². The van der Waals surface area contributed by atoms with Gasteiger partial charge in [0.15, 0.2) is 9.84 Å². The number of aryl methyl sites for hydroxylation is 1. The molecule has 0 aliphatic carbocycles. The SMILES string of the molecule is C[C@@H](CCn1cccn1)NC(=O)c1cccc(C2=CCCS2(=O)=O)c1. The number of amides is 1. The Kier molecular flexibility index (Phi) is 5.03. The van der Waals surface area contributed by atoms with Crippen LogP contribution < -0.4 is 5.32 Å². The molecule has 132 valence electrons. The van der Waals surface area contributed by atoms with E-state index in [9.17, 15) is 13.2 Å². The van der Waals surface area contributed by atoms with E-state index in [-0.39, 0.29) is 17.7 Å². The maximum atomic E-state index is 12.4. The molecule has 25 heavy (non-hydrogen) atoms. The Labute approximate surface area is 147 Å². The van der Waals surface area contributed by atoms with Crippen molar-refractivity contribution in [1.82, 2.24) is 15.1 Å². The number of aromatic nitrogens is 2. The van der Waals surface area contributed by atoms with Crippen molar-refractivity contribution in [3.05, 3.63) is 59.9 Å². The van der Waals surface area contributed by atoms with E-state index in [0.717, 1.165) is 13.0 Å². The minimum Gasteiger partial charge on any atom is -0.350 e. The molecule has 6 nitrogen and oxygen atoms in total. The van der Waals surface area contributed by atoms with Crippen LogP contribution in [0.1, 0.15) is 35.7 Å². The van der Waals surface area contributed by atoms with Gasteiger partial charge in [-0.2, -0.15) is 5.10 Å². The quantitative estimate of drug-likeness (QED) is 0.858. The molecule has 0 saturated heterocycles. The highest BCUT2D eigenvalue weighted by atomic mass is 32.2. The summed E-state index contributed by atoms with van der Waals surface area (Å²) in [5, 5.41) is 7.08. The topological polar surface area (TPSA) is 81.1 Å². The first-order valence-electron chi connectivity index (χ1n) is 8.27. The van der Waals surface area contributed by atoms with E-state index >= 15 is 0 Å². The highest BCUT2D eigenvalue weighted by Crippen LogP contribution is 2.28. The average Bonchev–Trinajstić information content (AvgIpc) is 3.22. The van der Waals surface area contributed by atoms with E-state index in [4.69, 9.17) is 0 Å². The number of benzene rings is 1. The molecule has 1 N–H and O–H groups in total. The number of rotatable bonds is 6. The Morgan fingerprint density at radius 3 is 2.88 bits per heavy atom. The van der Waals surface area contributed by atoms with Crippen LogP contribution >= 0.6 is 0 Å². The summed E-state index contributed by atoms with van der Waals surface area (Å²) >= 11 is 0. The summed E-state index contributed by atoms with van der Waals surface area (Å²) in [7, 11) is -3.22. The van der Waals surface area contributed by atoms with Crippen LogP contribution in [0.5, 0.6) is 0 Å². The van der Waals surface area contributed by atoms with Gasteiger partial charge in [-0.1, -0.05) is 18.2 Å². The average molecular weight is 359 g/mol. The second-order valence-electron chi connectivity index (χ2n) is 6.19. The molecule has 2 aromatic rings. The predicted octanol–water partition coefficient (Wildman–Crippen LogP) is 2.25. The van der Waals surface area contributed by atoms with Crippen molar-refractivity contribution in [2.24, 2.45) is 0 Å². The van der Waals surface area contributed by atoms with Crippen LogP contribution in [0.4, 0.5) is 0 Å². The molecule has 1 amide bonds. The zero-order valence-corrected chi connectivity index (χ0v) is 14.9. The van der Waals surface area contributed by atoms with Gasteiger partial charge >= 0.3 is 0 Å². The standard InChI is InChI=1S/C18H21N3O3S/c1-14(8-11-21-10-4-9-19-21)20-18(22)16-6-2-5-15(13-16)17-7-3-12-25(17,23)24/h2,4-7,9-10,13-14H,3,8,11-12H2,1H3,(H,20,22)/t14-/m0/s1. The van der Waals surface area contributed by atoms with Gasteiger partial charge in [0.05, 0.1) is 10.7 Å². The lowest BCUT2D eigenvalue weighted by atomic mass is 10.1. The van der Waals surface area contributed by atoms with Gasteiger partial charge in [0.1, 0.15) is 0 Å². The fourth-order valence-corrected chi connectivity index (χ4v) is 4.34. The maximum Gasteiger partial charge on any atom is 0.251 e. The Morgan fingerprint density at radius 2 is 2.20 bits per heavy atom. The van der Waals surface area contributed by atoms with Crippen LogP contribution in [0.2, 0.25) is 0 Å². The number of sulfone groups is 1. The predicted molar refractivity (Wildman–Crippen MR) is 96.6 cm³/mol. The van der Waals surface area contributed by atoms with Crippen LogP contribution in [-0.2, 0) is 16.4 Å². The number of nitrogens with one attached hydrogen (secondary N) is 1. The first kappa shape index (κ1) is 17.4. The molecule has 1 aliphatic rings. The fourth-order valence-electron chi connectivity index (χ4n) is 2.83. The van der Waals surface area contributed by atoms with Gasteiger partial charge in [0.25, 0.3) is 5.91 Å². The van der Waals surface area contributed by atoms with Crippen molar-refractivity contribution < 1.29 is 13.2 Å². The number of allylic oxidation sites excluding steroid dienone is 1. The third kappa shape index (κ3) is 4.17. The summed E-state index contributed by atoms with van der Waals surface area (Å²) in [6.07, 6.45) is 6.61. The van der Waals surface area contributed by atoms with Crippen LogP contribution in [0, 0.1) is 0 Å². The summed E-state index contributed by atoms with van der Waals surface area (Å²) in [5.74, 6) is -0.0609. The van der Waals surface area contributed by atoms with E-state index < -0.39 is 9.84 Å². The molecule has 0 unspecified atom stereocenters. The summed E-state index contributed by atoms with van der Waals surface area (Å²) in [4.78, 5) is 12.8. The third-order valence-corrected chi connectivity index (χ3v) is 6.03. The van der Waals surface area contributed by atoms with Gasteiger partial charge in [-0.05, 0) is 43.5 Å². The first-order chi connectivity index (χ1) is 12.0. The largest absolute Gasteiger partial charge is 0.350 e. The summed E-state index contributed by atoms with van der Waals surface area (Å²) in [6, 6.07) is 8.63. The molecule has 0 fully saturated rings. The smallest absolute Gasteiger partial charge is 0.251 e. The van der Waals surface area contributed by atoms with Crippen molar-refractivity contribution in [3.63, 3.8) is 0 Å². The Hall–Kier alpha value is -2.41. The molecular weight excluding hydrogens is 338 g/mol. The third-order valence-electron chi connectivity index (χ3n) is 4.19. The normalized spacial score (nSPS) is 17.1. The highest BCUT2D eigenvalue weighted by Gasteiger charge is 2.24. The Balaban J connectivity index is 1.65. The molecule has 0 spiro atoms. The molecule has 2 heterocycles. The van der Waals surface area contributed by atoms with E-state index in [1.165, 1.54) is 0 Å². The van der Waals surface area contributed by atoms with Crippen LogP contribution in [0.15, 0.2) is 48.8 Å². The van der Waals surface area contributed by atoms with Crippen molar-refractivity contribution in [1.29, 1.82) is 0 Å². The Morgan fingerprint density at radius 1 is 1.36 bits per heavy atom. The van der Waals surface area contributed by atoms with E-state index in [1.807, 2.05) is 23.9 Å². The van der Waals surface area contributed by atoms with Gasteiger partial charge in [-0.15, -0.1) is 0 Å². The summed E-state index contributed by atoms with van der Waals surface area (Å²) in [5.41, 5.74) is 1.04. The molecule has 3 rings (SSSR count). The zero-order chi connectivity index (χ0) is 17.9. The van der Waals surface area contributed by atoms with Gasteiger partial charge < -0.3 is 5.32 Å². The van der Waals surface area contributed by atoms with Gasteiger partial charge in [-0.25, -0.2) is 8.42 Å². The molecule has 1 atom stereocenters. The van der Waals surface area contributed by atoms with Crippen molar-refractivity contribution in [2.75, 3.05) is 5.75 Å². The number of carbonyl (C=O) groups is 1. The lowest BCUT2D eigenvalue weighted by Crippen LogP contribution is -2.33. The number of hydrogen-bond donors (Lipinski definition) is 1. The van der Waals surface area contributed by atoms with Gasteiger partial charge in [0, 0.05) is 30.5 Å². The maximum absolute atomic E-state index is 12.4. The number of hydrogen-bond acceptors (Lipinski definition) is 4. The fraction of sp³-hybridized carbons (Fsp3) is 0.333. The molecule has 0 saturated carbocycles. The number of nitrogens with zero attached hydrogens (tertiary/aromatic N) is 2. The summed E-state index contributed by atoms with van der Waals surface area (Å²) < 4.78 is 25.9. The lowest BCUT2D eigenvalue weighted by Gasteiger charge is -2.14. The molecule has 1 aliphatic heterocycles. The van der Waals surface area contributed by atoms with Crippen molar-refractivity contribution in [3.8, 4) is 0 Å². The molecule has 1 aromatic carbocycles. The second-order valence-corrected chi connectivity index (χ2v) is 8.27. The monoisotopic (exact) mass is 359 g/mol. The molecular formula is C18H21N3O3S. The van der Waals surface area contributed by atoms with E-state index in [1.54, 1.807) is 36.5 Å². The molecule has 0 radical (unpaired) electrons. The summed E-state index contributed by atoms with van der Waals surface area (Å²) in [6.45, 7) is 2.66. The Bertz CT molecular complexity index is 886. The molecule has 0 bridgehead atoms. The van der Waals surface area contributed by atoms with Crippen LogP contribution in [-0.4, -0.2) is 35.9 Å². The zero-order valence-electron chi connectivity index (χ0n) is 14.1. The minimum absolute atomic E-state index is 0.0187. The van der Waals surface area contributed by atoms with Gasteiger partial charge in [0.2, 0.25) is 0 Å². The first-order valence-corrected chi connectivity index (χ1v) is 9.92. The van der Waals surface area contributed by atoms with Gasteiger partial charge in [-0.3, -0.25) is 9.48 Å².